The van der Waals surface area contributed by atoms with Crippen LogP contribution in [-0.4, -0.2) is 20.5 Å². The molecule has 50 valence electrons. The second-order valence-corrected chi connectivity index (χ2v) is 4.58. The summed E-state index contributed by atoms with van der Waals surface area (Å²) in [6.45, 7) is 5.42. The molecule has 0 bridgehead atoms. The lowest BCUT2D eigenvalue weighted by atomic mass is 10.2. The van der Waals surface area contributed by atoms with Gasteiger partial charge in [0.15, 0.2) is 0 Å². The standard InChI is InChI=1S/C8H10Si2/c1-2-6-5-7(9)3-4-8(6)10/h1-2,4-5H,9-10H3. The SMILES string of the molecule is [CH]=Cc1cc([SiH3])[c]cc1[SiH3]. The van der Waals surface area contributed by atoms with Crippen LogP contribution in [0.2, 0.25) is 0 Å². The summed E-state index contributed by atoms with van der Waals surface area (Å²) in [5.74, 6) is 0. The Morgan fingerprint density at radius 1 is 1.50 bits per heavy atom. The van der Waals surface area contributed by atoms with Crippen LogP contribution >= 0.6 is 0 Å². The number of benzene rings is 1. The monoisotopic (exact) mass is 162 g/mol. The Morgan fingerprint density at radius 3 is 2.70 bits per heavy atom. The van der Waals surface area contributed by atoms with Crippen LogP contribution in [-0.2, 0) is 0 Å². The van der Waals surface area contributed by atoms with E-state index in [2.05, 4.69) is 12.1 Å². The van der Waals surface area contributed by atoms with Gasteiger partial charge in [-0.1, -0.05) is 35.2 Å². The largest absolute Gasteiger partial charge is 0.0631 e. The van der Waals surface area contributed by atoms with Gasteiger partial charge in [-0.3, -0.25) is 0 Å². The van der Waals surface area contributed by atoms with Crippen LogP contribution in [0.3, 0.4) is 0 Å². The summed E-state index contributed by atoms with van der Waals surface area (Å²) in [5, 5.41) is 2.62. The third kappa shape index (κ3) is 1.46. The van der Waals surface area contributed by atoms with E-state index in [0.717, 1.165) is 20.5 Å². The fourth-order valence-electron chi connectivity index (χ4n) is 0.874. The fourth-order valence-corrected chi connectivity index (χ4v) is 1.78. The summed E-state index contributed by atoms with van der Waals surface area (Å²) in [4.78, 5) is 0. The van der Waals surface area contributed by atoms with Gasteiger partial charge in [-0.2, -0.15) is 0 Å². The van der Waals surface area contributed by atoms with E-state index < -0.39 is 0 Å². The van der Waals surface area contributed by atoms with Gasteiger partial charge in [0, 0.05) is 20.5 Å². The molecular formula is C8H10Si2. The molecule has 0 spiro atoms. The Balaban J connectivity index is 3.21. The number of rotatable bonds is 1. The van der Waals surface area contributed by atoms with Gasteiger partial charge in [0.2, 0.25) is 0 Å². The molecule has 0 amide bonds. The lowest BCUT2D eigenvalue weighted by molar-refractivity contribution is 1.77. The van der Waals surface area contributed by atoms with E-state index in [1.165, 1.54) is 15.9 Å². The molecule has 0 atom stereocenters. The van der Waals surface area contributed by atoms with Gasteiger partial charge in [-0.05, 0) is 11.6 Å². The maximum absolute atomic E-state index is 5.42. The maximum Gasteiger partial charge on any atom is 0.0393 e. The summed E-state index contributed by atoms with van der Waals surface area (Å²) in [6.07, 6.45) is 1.68. The zero-order valence-corrected chi connectivity index (χ0v) is 10.3. The average molecular weight is 162 g/mol. The maximum atomic E-state index is 5.42. The van der Waals surface area contributed by atoms with Crippen LogP contribution < -0.4 is 10.4 Å². The zero-order chi connectivity index (χ0) is 7.56. The zero-order valence-electron chi connectivity index (χ0n) is 6.31. The Labute approximate surface area is 67.8 Å². The van der Waals surface area contributed by atoms with Crippen molar-refractivity contribution in [2.75, 3.05) is 0 Å². The summed E-state index contributed by atoms with van der Waals surface area (Å²) >= 11 is 0. The summed E-state index contributed by atoms with van der Waals surface area (Å²) < 4.78 is 0. The van der Waals surface area contributed by atoms with E-state index in [1.54, 1.807) is 6.08 Å². The molecule has 0 saturated heterocycles. The van der Waals surface area contributed by atoms with Crippen molar-refractivity contribution in [3.63, 3.8) is 0 Å². The van der Waals surface area contributed by atoms with Crippen molar-refractivity contribution >= 4 is 36.9 Å². The minimum atomic E-state index is 1.06. The Bertz CT molecular complexity index is 253. The topological polar surface area (TPSA) is 0 Å². The van der Waals surface area contributed by atoms with Crippen molar-refractivity contribution in [1.82, 2.24) is 0 Å². The van der Waals surface area contributed by atoms with Crippen LogP contribution in [0, 0.1) is 12.6 Å². The predicted octanol–water partition coefficient (Wildman–Crippen LogP) is -2.09. The third-order valence-corrected chi connectivity index (χ3v) is 2.97. The van der Waals surface area contributed by atoms with Crippen LogP contribution in [0.15, 0.2) is 12.1 Å². The molecule has 0 aliphatic heterocycles. The molecule has 2 radical (unpaired) electrons. The lowest BCUT2D eigenvalue weighted by Crippen LogP contribution is -2.13. The molecule has 1 aromatic carbocycles. The molecule has 0 saturated carbocycles. The van der Waals surface area contributed by atoms with E-state index >= 15 is 0 Å². The Kier molecular flexibility index (Phi) is 2.24. The Morgan fingerprint density at radius 2 is 2.20 bits per heavy atom. The molecular weight excluding hydrogens is 152 g/mol. The summed E-state index contributed by atoms with van der Waals surface area (Å²) in [6, 6.07) is 7.36. The normalized spacial score (nSPS) is 10.0. The van der Waals surface area contributed by atoms with Gasteiger partial charge in [0.25, 0.3) is 0 Å². The summed E-state index contributed by atoms with van der Waals surface area (Å²) in [7, 11) is 2.12. The van der Waals surface area contributed by atoms with Crippen molar-refractivity contribution < 1.29 is 0 Å². The molecule has 0 nitrogen and oxygen atoms in total. The van der Waals surface area contributed by atoms with Crippen molar-refractivity contribution in [2.24, 2.45) is 0 Å². The first-order valence-corrected chi connectivity index (χ1v) is 5.28. The van der Waals surface area contributed by atoms with Crippen molar-refractivity contribution in [2.45, 2.75) is 0 Å². The van der Waals surface area contributed by atoms with Crippen LogP contribution in [0.5, 0.6) is 0 Å². The van der Waals surface area contributed by atoms with Gasteiger partial charge < -0.3 is 0 Å². The van der Waals surface area contributed by atoms with Crippen LogP contribution in [0.1, 0.15) is 5.56 Å². The average Bonchev–Trinajstić information content (AvgIpc) is 1.94. The molecule has 1 rings (SSSR count). The van der Waals surface area contributed by atoms with Gasteiger partial charge in [-0.15, -0.1) is 0 Å². The first kappa shape index (κ1) is 7.50. The molecule has 0 N–H and O–H groups in total. The minimum absolute atomic E-state index is 1.06. The van der Waals surface area contributed by atoms with Gasteiger partial charge in [0.05, 0.1) is 0 Å². The third-order valence-electron chi connectivity index (χ3n) is 1.52. The molecule has 2 heteroatoms. The van der Waals surface area contributed by atoms with E-state index in [9.17, 15) is 0 Å². The first-order chi connectivity index (χ1) is 4.74. The lowest BCUT2D eigenvalue weighted by Gasteiger charge is -1.99. The van der Waals surface area contributed by atoms with E-state index in [-0.39, 0.29) is 0 Å². The molecule has 10 heavy (non-hydrogen) atoms. The van der Waals surface area contributed by atoms with Crippen molar-refractivity contribution in [3.8, 4) is 0 Å². The highest BCUT2D eigenvalue weighted by molar-refractivity contribution is 6.36. The van der Waals surface area contributed by atoms with Crippen molar-refractivity contribution in [3.05, 3.63) is 30.3 Å². The molecule has 1 aromatic rings. The molecule has 0 unspecified atom stereocenters. The predicted molar refractivity (Wildman–Crippen MR) is 53.2 cm³/mol. The highest BCUT2D eigenvalue weighted by Crippen LogP contribution is 1.91. The molecule has 0 heterocycles. The second-order valence-electron chi connectivity index (χ2n) is 2.42. The molecule has 0 aliphatic carbocycles. The second kappa shape index (κ2) is 2.99. The highest BCUT2D eigenvalue weighted by atomic mass is 28.1. The van der Waals surface area contributed by atoms with Crippen LogP contribution in [0.25, 0.3) is 6.08 Å². The van der Waals surface area contributed by atoms with E-state index in [4.69, 9.17) is 6.58 Å². The minimum Gasteiger partial charge on any atom is -0.0631 e. The van der Waals surface area contributed by atoms with E-state index in [1.807, 2.05) is 6.07 Å². The number of hydrogen-bond donors (Lipinski definition) is 0. The molecule has 0 aliphatic rings. The van der Waals surface area contributed by atoms with Crippen molar-refractivity contribution in [1.29, 1.82) is 0 Å². The van der Waals surface area contributed by atoms with Gasteiger partial charge in [-0.25, -0.2) is 0 Å². The van der Waals surface area contributed by atoms with E-state index in [0.29, 0.717) is 0 Å². The quantitative estimate of drug-likeness (QED) is 0.416. The fraction of sp³-hybridized carbons (Fsp3) is 0. The summed E-state index contributed by atoms with van der Waals surface area (Å²) in [5.41, 5.74) is 1.19. The Hall–Kier alpha value is -0.606. The number of hydrogen-bond acceptors (Lipinski definition) is 0. The van der Waals surface area contributed by atoms with Crippen LogP contribution in [0.4, 0.5) is 0 Å². The van der Waals surface area contributed by atoms with Gasteiger partial charge in [0.1, 0.15) is 0 Å². The smallest absolute Gasteiger partial charge is 0.0393 e. The van der Waals surface area contributed by atoms with Gasteiger partial charge >= 0.3 is 0 Å². The molecule has 0 fully saturated rings. The molecule has 0 aromatic heterocycles. The first-order valence-electron chi connectivity index (χ1n) is 3.28. The highest BCUT2D eigenvalue weighted by Gasteiger charge is 1.91.